The summed E-state index contributed by atoms with van der Waals surface area (Å²) in [6.45, 7) is 0. The van der Waals surface area contributed by atoms with Gasteiger partial charge in [-0.3, -0.25) is 5.84 Å². The zero-order valence-corrected chi connectivity index (χ0v) is 12.0. The molecule has 3 N–H and O–H groups in total. The molecular weight excluding hydrogens is 255 g/mol. The standard InChI is InChI=1S/C16H23FN2O/c1-20-15-10-9-13(11-14(15)17)16(19-18)12-7-5-3-2-4-6-8-12/h7,9-11,16,19H,2-6,8,18H2,1H3/b12-7+. The third-order valence-corrected chi connectivity index (χ3v) is 3.87. The van der Waals surface area contributed by atoms with Gasteiger partial charge in [0.2, 0.25) is 0 Å². The second-order valence-corrected chi connectivity index (χ2v) is 5.23. The summed E-state index contributed by atoms with van der Waals surface area (Å²) in [6, 6.07) is 4.90. The lowest BCUT2D eigenvalue weighted by molar-refractivity contribution is 0.385. The number of ether oxygens (including phenoxy) is 1. The SMILES string of the molecule is COc1ccc(C(NN)/C2=C/CCCCCC2)cc1F. The summed E-state index contributed by atoms with van der Waals surface area (Å²) in [5.41, 5.74) is 4.93. The average molecular weight is 278 g/mol. The normalized spacial score (nSPS) is 20.4. The van der Waals surface area contributed by atoms with Crippen molar-refractivity contribution in [2.45, 2.75) is 44.6 Å². The Morgan fingerprint density at radius 3 is 2.75 bits per heavy atom. The molecule has 1 aromatic carbocycles. The van der Waals surface area contributed by atoms with E-state index in [4.69, 9.17) is 10.6 Å². The van der Waals surface area contributed by atoms with Crippen LogP contribution in [0.3, 0.4) is 0 Å². The van der Waals surface area contributed by atoms with Gasteiger partial charge in [0.25, 0.3) is 0 Å². The summed E-state index contributed by atoms with van der Waals surface area (Å²) < 4.78 is 18.8. The van der Waals surface area contributed by atoms with E-state index < -0.39 is 0 Å². The van der Waals surface area contributed by atoms with Crippen molar-refractivity contribution in [3.63, 3.8) is 0 Å². The van der Waals surface area contributed by atoms with Gasteiger partial charge in [-0.25, -0.2) is 9.82 Å². The van der Waals surface area contributed by atoms with E-state index in [1.807, 2.05) is 6.07 Å². The maximum atomic E-state index is 13.8. The predicted octanol–water partition coefficient (Wildman–Crippen LogP) is 3.62. The molecule has 0 aliphatic heterocycles. The average Bonchev–Trinajstić information content (AvgIpc) is 2.42. The van der Waals surface area contributed by atoms with Crippen molar-refractivity contribution in [1.82, 2.24) is 5.43 Å². The molecule has 1 atom stereocenters. The number of methoxy groups -OCH3 is 1. The summed E-state index contributed by atoms with van der Waals surface area (Å²) in [5.74, 6) is 5.61. The van der Waals surface area contributed by atoms with Gasteiger partial charge in [0.15, 0.2) is 11.6 Å². The Kier molecular flexibility index (Phi) is 5.56. The molecule has 110 valence electrons. The third-order valence-electron chi connectivity index (χ3n) is 3.87. The van der Waals surface area contributed by atoms with Gasteiger partial charge in [0.1, 0.15) is 0 Å². The maximum absolute atomic E-state index is 13.8. The van der Waals surface area contributed by atoms with Crippen molar-refractivity contribution in [2.75, 3.05) is 7.11 Å². The van der Waals surface area contributed by atoms with Crippen LogP contribution in [0.25, 0.3) is 0 Å². The molecule has 3 nitrogen and oxygen atoms in total. The molecule has 0 saturated carbocycles. The Hall–Kier alpha value is -1.39. The first-order chi connectivity index (χ1) is 9.76. The number of nitrogens with two attached hydrogens (primary N) is 1. The van der Waals surface area contributed by atoms with E-state index in [0.717, 1.165) is 18.4 Å². The van der Waals surface area contributed by atoms with Gasteiger partial charge in [-0.15, -0.1) is 0 Å². The van der Waals surface area contributed by atoms with Crippen LogP contribution in [-0.4, -0.2) is 7.11 Å². The molecule has 0 radical (unpaired) electrons. The van der Waals surface area contributed by atoms with Crippen molar-refractivity contribution in [3.05, 3.63) is 41.2 Å². The molecule has 0 bridgehead atoms. The summed E-state index contributed by atoms with van der Waals surface area (Å²) in [5, 5.41) is 0. The minimum Gasteiger partial charge on any atom is -0.494 e. The molecule has 0 saturated heterocycles. The maximum Gasteiger partial charge on any atom is 0.165 e. The molecule has 0 fully saturated rings. The summed E-state index contributed by atoms with van der Waals surface area (Å²) >= 11 is 0. The zero-order valence-electron chi connectivity index (χ0n) is 12.0. The van der Waals surface area contributed by atoms with Crippen LogP contribution in [0.5, 0.6) is 5.75 Å². The van der Waals surface area contributed by atoms with Crippen molar-refractivity contribution in [1.29, 1.82) is 0 Å². The van der Waals surface area contributed by atoms with E-state index in [0.29, 0.717) is 0 Å². The van der Waals surface area contributed by atoms with Crippen LogP contribution < -0.4 is 16.0 Å². The summed E-state index contributed by atoms with van der Waals surface area (Å²) in [7, 11) is 1.47. The first-order valence-electron chi connectivity index (χ1n) is 7.24. The Labute approximate surface area is 120 Å². The molecular formula is C16H23FN2O. The molecule has 1 unspecified atom stereocenters. The van der Waals surface area contributed by atoms with E-state index >= 15 is 0 Å². The molecule has 0 amide bonds. The number of rotatable bonds is 4. The molecule has 1 aromatic rings. The second kappa shape index (κ2) is 7.41. The van der Waals surface area contributed by atoms with Gasteiger partial charge in [-0.2, -0.15) is 0 Å². The van der Waals surface area contributed by atoms with Gasteiger partial charge in [-0.05, 0) is 43.4 Å². The Balaban J connectivity index is 2.24. The van der Waals surface area contributed by atoms with Crippen molar-refractivity contribution >= 4 is 0 Å². The first kappa shape index (κ1) is 15.0. The molecule has 0 heterocycles. The monoisotopic (exact) mass is 278 g/mol. The second-order valence-electron chi connectivity index (χ2n) is 5.23. The van der Waals surface area contributed by atoms with Gasteiger partial charge >= 0.3 is 0 Å². The van der Waals surface area contributed by atoms with Crippen LogP contribution in [0.15, 0.2) is 29.8 Å². The van der Waals surface area contributed by atoms with Crippen LogP contribution in [0.1, 0.15) is 50.1 Å². The van der Waals surface area contributed by atoms with Crippen LogP contribution in [0, 0.1) is 5.82 Å². The fourth-order valence-electron chi connectivity index (χ4n) is 2.76. The van der Waals surface area contributed by atoms with E-state index in [1.165, 1.54) is 44.4 Å². The zero-order chi connectivity index (χ0) is 14.4. The van der Waals surface area contributed by atoms with Gasteiger partial charge in [0, 0.05) is 0 Å². The van der Waals surface area contributed by atoms with Gasteiger partial charge in [0.05, 0.1) is 13.2 Å². The van der Waals surface area contributed by atoms with Gasteiger partial charge in [-0.1, -0.05) is 30.6 Å². The largest absolute Gasteiger partial charge is 0.494 e. The smallest absolute Gasteiger partial charge is 0.165 e. The Bertz CT molecular complexity index is 474. The number of nitrogens with one attached hydrogen (secondary N) is 1. The number of hydrogen-bond donors (Lipinski definition) is 2. The summed E-state index contributed by atoms with van der Waals surface area (Å²) in [4.78, 5) is 0. The van der Waals surface area contributed by atoms with Crippen LogP contribution >= 0.6 is 0 Å². The van der Waals surface area contributed by atoms with Crippen LogP contribution in [0.2, 0.25) is 0 Å². The van der Waals surface area contributed by atoms with Crippen molar-refractivity contribution in [2.24, 2.45) is 5.84 Å². The first-order valence-corrected chi connectivity index (χ1v) is 7.24. The molecule has 0 spiro atoms. The number of halogens is 1. The molecule has 2 rings (SSSR count). The van der Waals surface area contributed by atoms with Crippen LogP contribution in [0.4, 0.5) is 4.39 Å². The molecule has 4 heteroatoms. The summed E-state index contributed by atoms with van der Waals surface area (Å²) in [6.07, 6.45) is 9.29. The lowest BCUT2D eigenvalue weighted by atomic mass is 9.91. The molecule has 0 aromatic heterocycles. The van der Waals surface area contributed by atoms with Crippen molar-refractivity contribution < 1.29 is 9.13 Å². The minimum absolute atomic E-state index is 0.117. The third kappa shape index (κ3) is 3.58. The molecule has 20 heavy (non-hydrogen) atoms. The topological polar surface area (TPSA) is 47.3 Å². The van der Waals surface area contributed by atoms with E-state index in [1.54, 1.807) is 6.07 Å². The number of allylic oxidation sites excluding steroid dienone is 1. The van der Waals surface area contributed by atoms with E-state index in [9.17, 15) is 4.39 Å². The van der Waals surface area contributed by atoms with Gasteiger partial charge < -0.3 is 4.74 Å². The Morgan fingerprint density at radius 2 is 2.05 bits per heavy atom. The fourth-order valence-corrected chi connectivity index (χ4v) is 2.76. The number of benzene rings is 1. The fraction of sp³-hybridized carbons (Fsp3) is 0.500. The minimum atomic E-state index is -0.350. The number of hydrazine groups is 1. The number of hydrogen-bond acceptors (Lipinski definition) is 3. The van der Waals surface area contributed by atoms with Crippen molar-refractivity contribution in [3.8, 4) is 5.75 Å². The lowest BCUT2D eigenvalue weighted by Crippen LogP contribution is -2.29. The highest BCUT2D eigenvalue weighted by atomic mass is 19.1. The molecule has 1 aliphatic carbocycles. The van der Waals surface area contributed by atoms with E-state index in [-0.39, 0.29) is 17.6 Å². The highest BCUT2D eigenvalue weighted by molar-refractivity contribution is 5.35. The Morgan fingerprint density at radius 1 is 1.25 bits per heavy atom. The molecule has 1 aliphatic rings. The van der Waals surface area contributed by atoms with E-state index in [2.05, 4.69) is 11.5 Å². The highest BCUT2D eigenvalue weighted by Gasteiger charge is 2.17. The lowest BCUT2D eigenvalue weighted by Gasteiger charge is -2.22. The highest BCUT2D eigenvalue weighted by Crippen LogP contribution is 2.30. The quantitative estimate of drug-likeness (QED) is 0.502. The predicted molar refractivity (Wildman–Crippen MR) is 78.8 cm³/mol. The van der Waals surface area contributed by atoms with Crippen LogP contribution in [-0.2, 0) is 0 Å².